The lowest BCUT2D eigenvalue weighted by Gasteiger charge is -2.32. The van der Waals surface area contributed by atoms with Crippen molar-refractivity contribution in [2.75, 3.05) is 20.8 Å². The number of esters is 1. The maximum Gasteiger partial charge on any atom is 0.468 e. The van der Waals surface area contributed by atoms with Crippen molar-refractivity contribution in [2.45, 2.75) is 83.2 Å². The van der Waals surface area contributed by atoms with E-state index in [9.17, 15) is 4.79 Å². The van der Waals surface area contributed by atoms with E-state index in [0.717, 1.165) is 11.3 Å². The van der Waals surface area contributed by atoms with Gasteiger partial charge >= 0.3 is 13.1 Å². The molecule has 36 heavy (non-hydrogen) atoms. The number of rotatable bonds is 11. The van der Waals surface area contributed by atoms with Gasteiger partial charge in [0.05, 0.1) is 38.1 Å². The second-order valence-electron chi connectivity index (χ2n) is 9.84. The molecule has 0 saturated carbocycles. The molecule has 2 heterocycles. The standard InChI is InChI=1S/C27H39BO8/c1-8-32-23-11-9-10-21(34-23)16-17-22(28-35-26(2,3)27(4,5)36-28)24(25(29)31-7)33-18-19-12-14-20(30-6)15-13-19/h9-10,12-17,21-24H,8,11,18H2,1-7H3/b17-16+/t21-,22-,23+,24+/m0/s1. The maximum atomic E-state index is 13.0. The van der Waals surface area contributed by atoms with Crippen LogP contribution in [-0.4, -0.2) is 63.6 Å². The Balaban J connectivity index is 1.86. The van der Waals surface area contributed by atoms with Crippen molar-refractivity contribution in [3.05, 3.63) is 54.1 Å². The SMILES string of the molecule is CCO[C@H]1CC=C[C@@H](/C=C/[C@H](B2OC(C)(C)C(C)(C)O2)[C@@H](OCc2ccc(OC)cc2)C(=O)OC)O1. The molecule has 2 aliphatic rings. The number of carbonyl (C=O) groups is 1. The van der Waals surface area contributed by atoms with E-state index in [2.05, 4.69) is 0 Å². The first kappa shape index (κ1) is 28.4. The summed E-state index contributed by atoms with van der Waals surface area (Å²) in [6, 6.07) is 7.47. The molecule has 0 amide bonds. The number of benzene rings is 1. The highest BCUT2D eigenvalue weighted by molar-refractivity contribution is 6.49. The molecule has 3 rings (SSSR count). The summed E-state index contributed by atoms with van der Waals surface area (Å²) in [7, 11) is 2.22. The number of ether oxygens (including phenoxy) is 5. The lowest BCUT2D eigenvalue weighted by atomic mass is 9.68. The minimum absolute atomic E-state index is 0.194. The highest BCUT2D eigenvalue weighted by atomic mass is 16.7. The average Bonchev–Trinajstić information content (AvgIpc) is 3.07. The van der Waals surface area contributed by atoms with Crippen molar-refractivity contribution in [1.82, 2.24) is 0 Å². The van der Waals surface area contributed by atoms with E-state index in [-0.39, 0.29) is 19.0 Å². The fourth-order valence-corrected chi connectivity index (χ4v) is 3.98. The minimum atomic E-state index is -0.974. The van der Waals surface area contributed by atoms with Crippen LogP contribution in [0.2, 0.25) is 5.82 Å². The molecular weight excluding hydrogens is 463 g/mol. The second kappa shape index (κ2) is 12.4. The van der Waals surface area contributed by atoms with E-state index in [1.54, 1.807) is 7.11 Å². The predicted molar refractivity (Wildman–Crippen MR) is 137 cm³/mol. The van der Waals surface area contributed by atoms with Crippen LogP contribution < -0.4 is 4.74 Å². The van der Waals surface area contributed by atoms with Crippen LogP contribution in [0.15, 0.2) is 48.6 Å². The molecule has 0 aromatic heterocycles. The Hall–Kier alpha value is -2.17. The van der Waals surface area contributed by atoms with Crippen molar-refractivity contribution in [1.29, 1.82) is 0 Å². The Morgan fingerprint density at radius 2 is 1.81 bits per heavy atom. The summed E-state index contributed by atoms with van der Waals surface area (Å²) >= 11 is 0. The average molecular weight is 502 g/mol. The molecule has 1 saturated heterocycles. The molecule has 4 atom stereocenters. The van der Waals surface area contributed by atoms with Crippen LogP contribution in [-0.2, 0) is 39.7 Å². The van der Waals surface area contributed by atoms with Gasteiger partial charge in [0.15, 0.2) is 12.4 Å². The smallest absolute Gasteiger partial charge is 0.468 e. The van der Waals surface area contributed by atoms with Crippen molar-refractivity contribution in [3.63, 3.8) is 0 Å². The number of hydrogen-bond acceptors (Lipinski definition) is 8. The second-order valence-corrected chi connectivity index (χ2v) is 9.84. The zero-order valence-corrected chi connectivity index (χ0v) is 22.4. The van der Waals surface area contributed by atoms with Crippen LogP contribution in [0.1, 0.15) is 46.6 Å². The Morgan fingerprint density at radius 1 is 1.14 bits per heavy atom. The van der Waals surface area contributed by atoms with Gasteiger partial charge in [-0.25, -0.2) is 4.79 Å². The van der Waals surface area contributed by atoms with Crippen molar-refractivity contribution in [3.8, 4) is 5.75 Å². The predicted octanol–water partition coefficient (Wildman–Crippen LogP) is 4.48. The quantitative estimate of drug-likeness (QED) is 0.249. The Kier molecular flexibility index (Phi) is 9.77. The van der Waals surface area contributed by atoms with E-state index in [1.165, 1.54) is 7.11 Å². The summed E-state index contributed by atoms with van der Waals surface area (Å²) in [5, 5.41) is 0. The third-order valence-corrected chi connectivity index (χ3v) is 6.80. The monoisotopic (exact) mass is 502 g/mol. The molecule has 2 aliphatic heterocycles. The summed E-state index contributed by atoms with van der Waals surface area (Å²) in [4.78, 5) is 13.0. The highest BCUT2D eigenvalue weighted by Crippen LogP contribution is 2.42. The fourth-order valence-electron chi connectivity index (χ4n) is 3.98. The third kappa shape index (κ3) is 6.98. The van der Waals surface area contributed by atoms with Gasteiger partial charge in [0.2, 0.25) is 0 Å². The first-order valence-electron chi connectivity index (χ1n) is 12.4. The van der Waals surface area contributed by atoms with Crippen LogP contribution in [0, 0.1) is 0 Å². The van der Waals surface area contributed by atoms with E-state index in [0.29, 0.717) is 13.0 Å². The molecule has 1 fully saturated rings. The van der Waals surface area contributed by atoms with Gasteiger partial charge in [0.25, 0.3) is 0 Å². The van der Waals surface area contributed by atoms with Crippen molar-refractivity contribution >= 4 is 13.1 Å². The van der Waals surface area contributed by atoms with Crippen LogP contribution in [0.25, 0.3) is 0 Å². The molecule has 1 aromatic rings. The first-order chi connectivity index (χ1) is 17.1. The van der Waals surface area contributed by atoms with Crippen molar-refractivity contribution in [2.24, 2.45) is 0 Å². The summed E-state index contributed by atoms with van der Waals surface area (Å²) in [6.45, 7) is 10.6. The molecular formula is C27H39BO8. The molecule has 0 unspecified atom stereocenters. The van der Waals surface area contributed by atoms with Gasteiger partial charge in [-0.05, 0) is 52.3 Å². The molecule has 8 nitrogen and oxygen atoms in total. The van der Waals surface area contributed by atoms with Crippen molar-refractivity contribution < 1.29 is 37.8 Å². The minimum Gasteiger partial charge on any atom is -0.497 e. The van der Waals surface area contributed by atoms with Gasteiger partial charge in [-0.1, -0.05) is 36.4 Å². The van der Waals surface area contributed by atoms with Gasteiger partial charge in [0, 0.05) is 18.8 Å². The summed E-state index contributed by atoms with van der Waals surface area (Å²) in [5.74, 6) is -0.367. The van der Waals surface area contributed by atoms with E-state index in [1.807, 2.05) is 83.2 Å². The molecule has 0 spiro atoms. The normalized spacial score (nSPS) is 24.6. The molecule has 0 bridgehead atoms. The van der Waals surface area contributed by atoms with Gasteiger partial charge in [-0.15, -0.1) is 0 Å². The topological polar surface area (TPSA) is 81.7 Å². The summed E-state index contributed by atoms with van der Waals surface area (Å²) < 4.78 is 40.8. The molecule has 1 aromatic carbocycles. The van der Waals surface area contributed by atoms with Crippen LogP contribution in [0.4, 0.5) is 0 Å². The molecule has 0 aliphatic carbocycles. The van der Waals surface area contributed by atoms with Gasteiger partial charge in [0.1, 0.15) is 5.75 Å². The lowest BCUT2D eigenvalue weighted by Crippen LogP contribution is -2.41. The van der Waals surface area contributed by atoms with E-state index >= 15 is 0 Å². The third-order valence-electron chi connectivity index (χ3n) is 6.80. The molecule has 0 N–H and O–H groups in total. The fraction of sp³-hybridized carbons (Fsp3) is 0.593. The number of hydrogen-bond donors (Lipinski definition) is 0. The Bertz CT molecular complexity index is 895. The van der Waals surface area contributed by atoms with Crippen LogP contribution in [0.3, 0.4) is 0 Å². The molecule has 9 heteroatoms. The first-order valence-corrected chi connectivity index (χ1v) is 12.4. The van der Waals surface area contributed by atoms with Crippen LogP contribution >= 0.6 is 0 Å². The Labute approximate surface area is 215 Å². The number of methoxy groups -OCH3 is 2. The maximum absolute atomic E-state index is 13.0. The van der Waals surface area contributed by atoms with Gasteiger partial charge < -0.3 is 33.0 Å². The van der Waals surface area contributed by atoms with Gasteiger partial charge in [-0.2, -0.15) is 0 Å². The lowest BCUT2D eigenvalue weighted by molar-refractivity contribution is -0.155. The van der Waals surface area contributed by atoms with E-state index in [4.69, 9.17) is 33.0 Å². The summed E-state index contributed by atoms with van der Waals surface area (Å²) in [5.41, 5.74) is -0.275. The Morgan fingerprint density at radius 3 is 2.39 bits per heavy atom. The highest BCUT2D eigenvalue weighted by Gasteiger charge is 2.56. The zero-order valence-electron chi connectivity index (χ0n) is 22.4. The number of carbonyl (C=O) groups excluding carboxylic acids is 1. The zero-order chi connectivity index (χ0) is 26.3. The largest absolute Gasteiger partial charge is 0.497 e. The summed E-state index contributed by atoms with van der Waals surface area (Å²) in [6.07, 6.45) is 6.81. The van der Waals surface area contributed by atoms with Crippen LogP contribution in [0.5, 0.6) is 5.75 Å². The van der Waals surface area contributed by atoms with E-state index < -0.39 is 36.2 Å². The van der Waals surface area contributed by atoms with Gasteiger partial charge in [-0.3, -0.25) is 0 Å². The molecule has 198 valence electrons. The molecule has 0 radical (unpaired) electrons.